The lowest BCUT2D eigenvalue weighted by Gasteiger charge is -2.12. The first-order valence-corrected chi connectivity index (χ1v) is 4.39. The largest absolute Gasteiger partial charge is 0.497 e. The van der Waals surface area contributed by atoms with Gasteiger partial charge in [0.15, 0.2) is 0 Å². The maximum atomic E-state index is 13.2. The third kappa shape index (κ3) is 2.15. The highest BCUT2D eigenvalue weighted by Gasteiger charge is 2.15. The molecule has 14 heavy (non-hydrogen) atoms. The molecule has 0 amide bonds. The maximum absolute atomic E-state index is 13.2. The fourth-order valence-electron chi connectivity index (χ4n) is 1.07. The molecule has 1 aromatic carbocycles. The minimum Gasteiger partial charge on any atom is -0.497 e. The Balaban J connectivity index is 3.20. The third-order valence-corrected chi connectivity index (χ3v) is 2.25. The summed E-state index contributed by atoms with van der Waals surface area (Å²) in [6.07, 6.45) is -0.980. The maximum Gasteiger partial charge on any atom is 0.145 e. The van der Waals surface area contributed by atoms with Crippen LogP contribution < -0.4 is 10.5 Å². The first-order chi connectivity index (χ1) is 6.60. The van der Waals surface area contributed by atoms with E-state index in [0.29, 0.717) is 5.75 Å². The van der Waals surface area contributed by atoms with Crippen molar-refractivity contribution < 1.29 is 14.2 Å². The van der Waals surface area contributed by atoms with Gasteiger partial charge in [-0.2, -0.15) is 0 Å². The molecule has 0 bridgehead atoms. The Morgan fingerprint density at radius 2 is 2.29 bits per heavy atom. The molecule has 1 atom stereocenters. The minimum atomic E-state index is -0.980. The minimum absolute atomic E-state index is 0.0215. The summed E-state index contributed by atoms with van der Waals surface area (Å²) in [7, 11) is 1.40. The average Bonchev–Trinajstić information content (AvgIpc) is 2.20. The molecule has 5 heteroatoms. The van der Waals surface area contributed by atoms with Crippen LogP contribution in [-0.2, 0) is 0 Å². The molecule has 3 N–H and O–H groups in total. The molecule has 3 nitrogen and oxygen atoms in total. The zero-order valence-corrected chi connectivity index (χ0v) is 8.38. The average molecular weight is 220 g/mol. The summed E-state index contributed by atoms with van der Waals surface area (Å²) >= 11 is 5.65. The van der Waals surface area contributed by atoms with Crippen molar-refractivity contribution in [3.63, 3.8) is 0 Å². The zero-order chi connectivity index (χ0) is 10.7. The van der Waals surface area contributed by atoms with Crippen LogP contribution >= 0.6 is 11.6 Å². The number of halogens is 2. The Morgan fingerprint density at radius 1 is 1.64 bits per heavy atom. The molecule has 0 heterocycles. The molecular formula is C9H11ClFNO2. The van der Waals surface area contributed by atoms with E-state index in [1.54, 1.807) is 0 Å². The van der Waals surface area contributed by atoms with Gasteiger partial charge in [0.1, 0.15) is 11.6 Å². The van der Waals surface area contributed by atoms with Gasteiger partial charge in [-0.1, -0.05) is 11.6 Å². The van der Waals surface area contributed by atoms with Crippen LogP contribution in [0.3, 0.4) is 0 Å². The second kappa shape index (κ2) is 4.59. The predicted molar refractivity (Wildman–Crippen MR) is 52.0 cm³/mol. The zero-order valence-electron chi connectivity index (χ0n) is 7.63. The summed E-state index contributed by atoms with van der Waals surface area (Å²) in [6, 6.07) is 2.61. The molecular weight excluding hydrogens is 209 g/mol. The van der Waals surface area contributed by atoms with Crippen LogP contribution in [0, 0.1) is 5.82 Å². The number of methoxy groups -OCH3 is 1. The van der Waals surface area contributed by atoms with Crippen LogP contribution in [0.25, 0.3) is 0 Å². The van der Waals surface area contributed by atoms with E-state index in [1.165, 1.54) is 13.2 Å². The summed E-state index contributed by atoms with van der Waals surface area (Å²) in [5.74, 6) is -0.331. The number of aliphatic hydroxyl groups is 1. The number of hydrogen-bond donors (Lipinski definition) is 2. The highest BCUT2D eigenvalue weighted by Crippen LogP contribution is 2.29. The first-order valence-electron chi connectivity index (χ1n) is 4.01. The Hall–Kier alpha value is -0.840. The number of benzene rings is 1. The van der Waals surface area contributed by atoms with Gasteiger partial charge < -0.3 is 15.6 Å². The van der Waals surface area contributed by atoms with Crippen molar-refractivity contribution in [2.24, 2.45) is 5.73 Å². The van der Waals surface area contributed by atoms with Gasteiger partial charge in [-0.25, -0.2) is 4.39 Å². The molecule has 0 saturated carbocycles. The standard InChI is InChI=1S/C9H11ClFNO2/c1-14-5-2-6(8(13)4-12)9(10)7(11)3-5/h2-3,8,13H,4,12H2,1H3. The van der Waals surface area contributed by atoms with Crippen molar-refractivity contribution >= 4 is 11.6 Å². The number of ether oxygens (including phenoxy) is 1. The lowest BCUT2D eigenvalue weighted by Crippen LogP contribution is -2.12. The Bertz CT molecular complexity index is 333. The second-order valence-electron chi connectivity index (χ2n) is 2.76. The van der Waals surface area contributed by atoms with Gasteiger partial charge in [-0.15, -0.1) is 0 Å². The van der Waals surface area contributed by atoms with Crippen LogP contribution in [0.1, 0.15) is 11.7 Å². The van der Waals surface area contributed by atoms with E-state index in [9.17, 15) is 9.50 Å². The van der Waals surface area contributed by atoms with Crippen molar-refractivity contribution in [2.45, 2.75) is 6.10 Å². The fourth-order valence-corrected chi connectivity index (χ4v) is 1.31. The highest BCUT2D eigenvalue weighted by molar-refractivity contribution is 6.31. The smallest absolute Gasteiger partial charge is 0.145 e. The summed E-state index contributed by atoms with van der Waals surface area (Å²) < 4.78 is 18.0. The van der Waals surface area contributed by atoms with Crippen LogP contribution in [0.5, 0.6) is 5.75 Å². The SMILES string of the molecule is COc1cc(F)c(Cl)c(C(O)CN)c1. The van der Waals surface area contributed by atoms with Crippen LogP contribution in [-0.4, -0.2) is 18.8 Å². The quantitative estimate of drug-likeness (QED) is 0.810. The number of nitrogens with two attached hydrogens (primary N) is 1. The van der Waals surface area contributed by atoms with Crippen molar-refractivity contribution in [1.29, 1.82) is 0 Å². The van der Waals surface area contributed by atoms with Crippen LogP contribution in [0.2, 0.25) is 5.02 Å². The van der Waals surface area contributed by atoms with E-state index in [4.69, 9.17) is 22.1 Å². The molecule has 0 aromatic heterocycles. The van der Waals surface area contributed by atoms with Crippen molar-refractivity contribution in [3.05, 3.63) is 28.5 Å². The topological polar surface area (TPSA) is 55.5 Å². The Morgan fingerprint density at radius 3 is 2.79 bits per heavy atom. The van der Waals surface area contributed by atoms with E-state index >= 15 is 0 Å². The number of hydrogen-bond acceptors (Lipinski definition) is 3. The highest BCUT2D eigenvalue weighted by atomic mass is 35.5. The van der Waals surface area contributed by atoms with E-state index in [-0.39, 0.29) is 17.1 Å². The second-order valence-corrected chi connectivity index (χ2v) is 3.14. The molecule has 1 unspecified atom stereocenters. The third-order valence-electron chi connectivity index (χ3n) is 1.85. The van der Waals surface area contributed by atoms with Crippen molar-refractivity contribution in [2.75, 3.05) is 13.7 Å². The van der Waals surface area contributed by atoms with E-state index in [0.717, 1.165) is 6.07 Å². The fraction of sp³-hybridized carbons (Fsp3) is 0.333. The lowest BCUT2D eigenvalue weighted by atomic mass is 10.1. The predicted octanol–water partition coefficient (Wildman–Crippen LogP) is 1.48. The first kappa shape index (κ1) is 11.2. The van der Waals surface area contributed by atoms with Gasteiger partial charge in [0.25, 0.3) is 0 Å². The number of aliphatic hydroxyl groups excluding tert-OH is 1. The molecule has 78 valence electrons. The van der Waals surface area contributed by atoms with E-state index in [2.05, 4.69) is 0 Å². The van der Waals surface area contributed by atoms with Crippen molar-refractivity contribution in [3.8, 4) is 5.75 Å². The number of rotatable bonds is 3. The van der Waals surface area contributed by atoms with E-state index in [1.807, 2.05) is 0 Å². The summed E-state index contributed by atoms with van der Waals surface area (Å²) in [5.41, 5.74) is 5.48. The van der Waals surface area contributed by atoms with Gasteiger partial charge in [0.2, 0.25) is 0 Å². The summed E-state index contributed by atoms with van der Waals surface area (Å²) in [6.45, 7) is -0.0215. The Kier molecular flexibility index (Phi) is 3.69. The summed E-state index contributed by atoms with van der Waals surface area (Å²) in [5, 5.41) is 9.30. The molecule has 0 fully saturated rings. The van der Waals surface area contributed by atoms with Gasteiger partial charge >= 0.3 is 0 Å². The van der Waals surface area contributed by atoms with Gasteiger partial charge in [-0.3, -0.25) is 0 Å². The van der Waals surface area contributed by atoms with Gasteiger partial charge in [0.05, 0.1) is 18.2 Å². The molecule has 0 aliphatic heterocycles. The summed E-state index contributed by atoms with van der Waals surface area (Å²) in [4.78, 5) is 0. The Labute approximate surface area is 86.2 Å². The van der Waals surface area contributed by atoms with Crippen molar-refractivity contribution in [1.82, 2.24) is 0 Å². The van der Waals surface area contributed by atoms with E-state index < -0.39 is 11.9 Å². The molecule has 0 aliphatic carbocycles. The lowest BCUT2D eigenvalue weighted by molar-refractivity contribution is 0.186. The molecule has 0 saturated heterocycles. The van der Waals surface area contributed by atoms with Crippen LogP contribution in [0.4, 0.5) is 4.39 Å². The van der Waals surface area contributed by atoms with Crippen LogP contribution in [0.15, 0.2) is 12.1 Å². The normalized spacial score (nSPS) is 12.6. The van der Waals surface area contributed by atoms with Gasteiger partial charge in [0, 0.05) is 18.2 Å². The molecule has 1 aromatic rings. The monoisotopic (exact) mass is 219 g/mol. The molecule has 1 rings (SSSR count). The van der Waals surface area contributed by atoms with Gasteiger partial charge in [-0.05, 0) is 6.07 Å². The molecule has 0 spiro atoms. The molecule has 0 aliphatic rings. The molecule has 0 radical (unpaired) electrons.